The molecule has 24 heavy (non-hydrogen) atoms. The first-order chi connectivity index (χ1) is 11.6. The van der Waals surface area contributed by atoms with Crippen LogP contribution in [0.3, 0.4) is 0 Å². The van der Waals surface area contributed by atoms with Crippen molar-refractivity contribution in [3.05, 3.63) is 35.9 Å². The normalized spacial score (nSPS) is 12.8. The molecule has 1 aliphatic heterocycles. The molecule has 1 aliphatic rings. The fourth-order valence-corrected chi connectivity index (χ4v) is 2.66. The van der Waals surface area contributed by atoms with Gasteiger partial charge in [-0.2, -0.15) is 5.26 Å². The van der Waals surface area contributed by atoms with Gasteiger partial charge >= 0.3 is 6.03 Å². The molecule has 8 heteroatoms. The molecular weight excluding hydrogens is 308 g/mol. The van der Waals surface area contributed by atoms with E-state index >= 15 is 0 Å². The van der Waals surface area contributed by atoms with Crippen LogP contribution in [0.4, 0.5) is 16.2 Å². The van der Waals surface area contributed by atoms with Crippen LogP contribution in [0.2, 0.25) is 0 Å². The summed E-state index contributed by atoms with van der Waals surface area (Å²) in [4.78, 5) is 22.6. The van der Waals surface area contributed by atoms with Crippen LogP contribution in [0.5, 0.6) is 5.75 Å². The van der Waals surface area contributed by atoms with Crippen molar-refractivity contribution in [2.75, 3.05) is 37.0 Å². The summed E-state index contributed by atoms with van der Waals surface area (Å²) in [5, 5.41) is 12.0. The second-order valence-electron chi connectivity index (χ2n) is 5.40. The molecule has 0 unspecified atom stereocenters. The Hall–Kier alpha value is -3.21. The highest BCUT2D eigenvalue weighted by Crippen LogP contribution is 2.39. The maximum atomic E-state index is 11.9. The highest BCUT2D eigenvalue weighted by Gasteiger charge is 2.24. The summed E-state index contributed by atoms with van der Waals surface area (Å²) < 4.78 is 5.71. The molecular formula is C16H18N6O2. The number of aromatic amines is 1. The van der Waals surface area contributed by atoms with Crippen LogP contribution >= 0.6 is 0 Å². The Morgan fingerprint density at radius 1 is 1.58 bits per heavy atom. The number of ether oxygens (including phenoxy) is 1. The number of anilines is 2. The molecule has 0 atom stereocenters. The largest absolute Gasteiger partial charge is 0.488 e. The van der Waals surface area contributed by atoms with E-state index in [2.05, 4.69) is 26.3 Å². The van der Waals surface area contributed by atoms with Gasteiger partial charge in [-0.05, 0) is 12.1 Å². The molecule has 124 valence electrons. The third-order valence-corrected chi connectivity index (χ3v) is 3.94. The third kappa shape index (κ3) is 2.84. The minimum absolute atomic E-state index is 0.255. The number of H-pyrrole nitrogens is 1. The van der Waals surface area contributed by atoms with Crippen LogP contribution in [-0.4, -0.2) is 43.2 Å². The monoisotopic (exact) mass is 326 g/mol. The number of nitrogens with zero attached hydrogens (tertiary/aromatic N) is 4. The molecule has 2 N–H and O–H groups in total. The zero-order chi connectivity index (χ0) is 17.1. The summed E-state index contributed by atoms with van der Waals surface area (Å²) in [6.45, 7) is 1.77. The second kappa shape index (κ2) is 6.50. The van der Waals surface area contributed by atoms with Gasteiger partial charge in [0.1, 0.15) is 12.7 Å². The first-order valence-corrected chi connectivity index (χ1v) is 7.53. The molecule has 0 spiro atoms. The molecule has 3 rings (SSSR count). The van der Waals surface area contributed by atoms with Gasteiger partial charge in [0, 0.05) is 26.0 Å². The van der Waals surface area contributed by atoms with Crippen molar-refractivity contribution in [3.63, 3.8) is 0 Å². The number of hydrogen-bond donors (Lipinski definition) is 2. The van der Waals surface area contributed by atoms with Gasteiger partial charge in [0.15, 0.2) is 5.75 Å². The van der Waals surface area contributed by atoms with Gasteiger partial charge in [-0.3, -0.25) is 4.90 Å². The third-order valence-electron chi connectivity index (χ3n) is 3.94. The summed E-state index contributed by atoms with van der Waals surface area (Å²) in [5.74, 6) is 0.549. The van der Waals surface area contributed by atoms with E-state index in [9.17, 15) is 10.1 Å². The van der Waals surface area contributed by atoms with Crippen molar-refractivity contribution in [3.8, 4) is 11.8 Å². The quantitative estimate of drug-likeness (QED) is 0.890. The Bertz CT molecular complexity index is 781. The molecule has 8 nitrogen and oxygen atoms in total. The molecule has 2 aromatic rings. The summed E-state index contributed by atoms with van der Waals surface area (Å²) in [6, 6.07) is 5.42. The smallest absolute Gasteiger partial charge is 0.321 e. The Balaban J connectivity index is 2.02. The van der Waals surface area contributed by atoms with E-state index in [1.165, 1.54) is 4.90 Å². The number of nitriles is 1. The number of hydrogen-bond acceptors (Lipinski definition) is 5. The molecule has 0 saturated heterocycles. The molecule has 2 heterocycles. The zero-order valence-corrected chi connectivity index (χ0v) is 13.5. The van der Waals surface area contributed by atoms with Crippen molar-refractivity contribution >= 4 is 17.4 Å². The molecule has 1 aromatic carbocycles. The lowest BCUT2D eigenvalue weighted by molar-refractivity contribution is 0.249. The fraction of sp³-hybridized carbons (Fsp3) is 0.312. The van der Waals surface area contributed by atoms with E-state index in [0.29, 0.717) is 36.7 Å². The lowest BCUT2D eigenvalue weighted by atomic mass is 10.1. The van der Waals surface area contributed by atoms with E-state index in [1.807, 2.05) is 12.3 Å². The maximum Gasteiger partial charge on any atom is 0.321 e. The second-order valence-corrected chi connectivity index (χ2v) is 5.40. The minimum atomic E-state index is -0.255. The van der Waals surface area contributed by atoms with Crippen LogP contribution in [-0.2, 0) is 6.54 Å². The predicted octanol–water partition coefficient (Wildman–Crippen LogP) is 1.46. The van der Waals surface area contributed by atoms with Crippen LogP contribution in [0.15, 0.2) is 24.7 Å². The average Bonchev–Trinajstić information content (AvgIpc) is 3.12. The van der Waals surface area contributed by atoms with Crippen molar-refractivity contribution in [1.29, 1.82) is 5.26 Å². The molecule has 0 aliphatic carbocycles. The lowest BCUT2D eigenvalue weighted by Gasteiger charge is -2.32. The first kappa shape index (κ1) is 15.7. The van der Waals surface area contributed by atoms with E-state index < -0.39 is 0 Å². The standard InChI is InChI=1S/C16H18N6O2/c1-18-16(23)21(2)13-5-11(7-17)15-14(6-13)22(3-4-24-15)9-12-8-19-10-20-12/h5-6,8,10H,3-4,9H2,1-2H3,(H,18,23)(H,19,20). The number of nitrogens with one attached hydrogen (secondary N) is 2. The number of fused-ring (bicyclic) bond motifs is 1. The van der Waals surface area contributed by atoms with Crippen LogP contribution in [0.1, 0.15) is 11.3 Å². The van der Waals surface area contributed by atoms with Gasteiger partial charge in [0.2, 0.25) is 0 Å². The predicted molar refractivity (Wildman–Crippen MR) is 89.1 cm³/mol. The molecule has 0 radical (unpaired) electrons. The van der Waals surface area contributed by atoms with Crippen molar-refractivity contribution in [2.24, 2.45) is 0 Å². The van der Waals surface area contributed by atoms with Gasteiger partial charge in [0.05, 0.1) is 36.4 Å². The van der Waals surface area contributed by atoms with Crippen molar-refractivity contribution in [1.82, 2.24) is 15.3 Å². The fourth-order valence-electron chi connectivity index (χ4n) is 2.66. The van der Waals surface area contributed by atoms with Crippen LogP contribution < -0.4 is 19.9 Å². The van der Waals surface area contributed by atoms with E-state index in [1.54, 1.807) is 26.5 Å². The number of benzene rings is 1. The summed E-state index contributed by atoms with van der Waals surface area (Å²) in [6.07, 6.45) is 3.47. The number of carbonyl (C=O) groups is 1. The number of urea groups is 1. The van der Waals surface area contributed by atoms with Gasteiger partial charge in [-0.25, -0.2) is 9.78 Å². The Labute approximate surface area is 139 Å². The number of amides is 2. The van der Waals surface area contributed by atoms with E-state index in [0.717, 1.165) is 11.4 Å². The number of aromatic nitrogens is 2. The molecule has 0 bridgehead atoms. The Morgan fingerprint density at radius 2 is 2.42 bits per heavy atom. The topological polar surface area (TPSA) is 97.3 Å². The highest BCUT2D eigenvalue weighted by molar-refractivity contribution is 5.92. The number of rotatable bonds is 3. The first-order valence-electron chi connectivity index (χ1n) is 7.53. The van der Waals surface area contributed by atoms with Crippen molar-refractivity contribution < 1.29 is 9.53 Å². The van der Waals surface area contributed by atoms with E-state index in [4.69, 9.17) is 4.74 Å². The van der Waals surface area contributed by atoms with Crippen LogP contribution in [0.25, 0.3) is 0 Å². The number of carbonyl (C=O) groups excluding carboxylic acids is 1. The van der Waals surface area contributed by atoms with Gasteiger partial charge in [-0.1, -0.05) is 0 Å². The average molecular weight is 326 g/mol. The Morgan fingerprint density at radius 3 is 3.08 bits per heavy atom. The summed E-state index contributed by atoms with van der Waals surface area (Å²) >= 11 is 0. The van der Waals surface area contributed by atoms with Gasteiger partial charge in [-0.15, -0.1) is 0 Å². The van der Waals surface area contributed by atoms with Gasteiger partial charge in [0.25, 0.3) is 0 Å². The summed E-state index contributed by atoms with van der Waals surface area (Å²) in [7, 11) is 3.22. The van der Waals surface area contributed by atoms with Crippen LogP contribution in [0, 0.1) is 11.3 Å². The highest BCUT2D eigenvalue weighted by atomic mass is 16.5. The van der Waals surface area contributed by atoms with E-state index in [-0.39, 0.29) is 6.03 Å². The lowest BCUT2D eigenvalue weighted by Crippen LogP contribution is -2.36. The Kier molecular flexibility index (Phi) is 4.24. The minimum Gasteiger partial charge on any atom is -0.488 e. The molecule has 0 fully saturated rings. The molecule has 1 aromatic heterocycles. The summed E-state index contributed by atoms with van der Waals surface area (Å²) in [5.41, 5.74) is 2.72. The van der Waals surface area contributed by atoms with Crippen molar-refractivity contribution in [2.45, 2.75) is 6.54 Å². The SMILES string of the molecule is CNC(=O)N(C)c1cc(C#N)c2c(c1)N(Cc1c[nH]cn1)CCO2. The van der Waals surface area contributed by atoms with Gasteiger partial charge < -0.3 is 19.9 Å². The zero-order valence-electron chi connectivity index (χ0n) is 13.5. The number of imidazole rings is 1. The maximum absolute atomic E-state index is 11.9. The molecule has 2 amide bonds. The molecule has 0 saturated carbocycles.